The van der Waals surface area contributed by atoms with Gasteiger partial charge in [0, 0.05) is 11.6 Å². The zero-order valence-corrected chi connectivity index (χ0v) is 14.1. The molecule has 0 radical (unpaired) electrons. The van der Waals surface area contributed by atoms with Gasteiger partial charge in [0.05, 0.1) is 27.7 Å². The third kappa shape index (κ3) is 18.4. The summed E-state index contributed by atoms with van der Waals surface area (Å²) < 4.78 is 10.4. The number of hydrogen-bond donors (Lipinski definition) is 0. The summed E-state index contributed by atoms with van der Waals surface area (Å²) in [4.78, 5) is 21.2. The van der Waals surface area contributed by atoms with Crippen LogP contribution >= 0.6 is 0 Å². The van der Waals surface area contributed by atoms with Crippen LogP contribution in [-0.4, -0.2) is 57.3 Å². The number of rotatable bonds is 8. The number of unbranched alkanes of at least 4 members (excludes halogenated alkanes) is 1. The molecule has 0 saturated heterocycles. The summed E-state index contributed by atoms with van der Waals surface area (Å²) in [7, 11) is 6.15. The Morgan fingerprint density at radius 2 is 1.71 bits per heavy atom. The van der Waals surface area contributed by atoms with Crippen LogP contribution in [0.3, 0.4) is 0 Å². The van der Waals surface area contributed by atoms with Gasteiger partial charge in [-0.2, -0.15) is 0 Å². The number of hydrogen-bond acceptors (Lipinski definition) is 4. The first-order chi connectivity index (χ1) is 9.64. The first kappa shape index (κ1) is 21.7. The minimum atomic E-state index is -0.330. The summed E-state index contributed by atoms with van der Waals surface area (Å²) >= 11 is 0. The Kier molecular flexibility index (Phi) is 12.5. The number of ether oxygens (including phenoxy) is 2. The van der Waals surface area contributed by atoms with E-state index in [1.54, 1.807) is 6.92 Å². The fourth-order valence-corrected chi connectivity index (χ4v) is 0.911. The van der Waals surface area contributed by atoms with Crippen molar-refractivity contribution < 1.29 is 23.5 Å². The zero-order valence-electron chi connectivity index (χ0n) is 14.1. The molecule has 122 valence electrons. The largest absolute Gasteiger partial charge is 0.463 e. The highest BCUT2D eigenvalue weighted by atomic mass is 16.5. The van der Waals surface area contributed by atoms with Gasteiger partial charge in [0.15, 0.2) is 0 Å². The van der Waals surface area contributed by atoms with Crippen molar-refractivity contribution in [2.24, 2.45) is 0 Å². The molecule has 0 saturated carbocycles. The quantitative estimate of drug-likeness (QED) is 0.299. The summed E-state index contributed by atoms with van der Waals surface area (Å²) in [5, 5.41) is 0. The van der Waals surface area contributed by atoms with Crippen LogP contribution in [0.25, 0.3) is 0 Å². The highest BCUT2D eigenvalue weighted by molar-refractivity contribution is 5.86. The Balaban J connectivity index is 0. The van der Waals surface area contributed by atoms with Crippen molar-refractivity contribution in [3.8, 4) is 0 Å². The Hall–Kier alpha value is -1.62. The van der Waals surface area contributed by atoms with E-state index >= 15 is 0 Å². The normalized spacial score (nSPS) is 9.95. The molecular formula is C16H30NO4+. The molecule has 0 aromatic rings. The predicted octanol–water partition coefficient (Wildman–Crippen LogP) is 2.33. The average molecular weight is 300 g/mol. The molecule has 0 unspecified atom stereocenters. The van der Waals surface area contributed by atoms with E-state index in [9.17, 15) is 9.59 Å². The second-order valence-electron chi connectivity index (χ2n) is 5.66. The molecule has 0 aliphatic carbocycles. The third-order valence-electron chi connectivity index (χ3n) is 2.25. The molecule has 0 aliphatic rings. The van der Waals surface area contributed by atoms with Crippen LogP contribution < -0.4 is 0 Å². The minimum absolute atomic E-state index is 0.302. The number of carbonyl (C=O) groups is 2. The Morgan fingerprint density at radius 3 is 2.10 bits per heavy atom. The van der Waals surface area contributed by atoms with Crippen LogP contribution in [0.2, 0.25) is 0 Å². The standard InChI is InChI=1S/C9H18NO2.C7H12O2/c1-8(2)9(11)12-7-6-10(3,4)5;1-3-5-6-9-7(8)4-2/h1,6-7H2,2-5H3;4H,2-3,5-6H2,1H3/q+1;. The van der Waals surface area contributed by atoms with Gasteiger partial charge in [0.25, 0.3) is 0 Å². The number of carbonyl (C=O) groups excluding carboxylic acids is 2. The topological polar surface area (TPSA) is 52.6 Å². The summed E-state index contributed by atoms with van der Waals surface area (Å²) in [5.41, 5.74) is 0.455. The molecule has 0 aliphatic heterocycles. The van der Waals surface area contributed by atoms with Crippen molar-refractivity contribution in [3.05, 3.63) is 24.8 Å². The van der Waals surface area contributed by atoms with E-state index in [4.69, 9.17) is 4.74 Å². The molecule has 0 N–H and O–H groups in total. The second kappa shape index (κ2) is 12.1. The molecule has 5 nitrogen and oxygen atoms in total. The zero-order chi connectivity index (χ0) is 16.9. The number of esters is 2. The lowest BCUT2D eigenvalue weighted by molar-refractivity contribution is -0.870. The van der Waals surface area contributed by atoms with Gasteiger partial charge in [-0.1, -0.05) is 26.5 Å². The monoisotopic (exact) mass is 300 g/mol. The maximum absolute atomic E-state index is 10.9. The van der Waals surface area contributed by atoms with Crippen LogP contribution in [-0.2, 0) is 19.1 Å². The minimum Gasteiger partial charge on any atom is -0.463 e. The summed E-state index contributed by atoms with van der Waals surface area (Å²) in [6.45, 7) is 12.2. The van der Waals surface area contributed by atoms with Gasteiger partial charge in [-0.05, 0) is 13.3 Å². The smallest absolute Gasteiger partial charge is 0.333 e. The summed E-state index contributed by atoms with van der Waals surface area (Å²) in [6, 6.07) is 0. The van der Waals surface area contributed by atoms with Crippen molar-refractivity contribution in [2.75, 3.05) is 40.9 Å². The first-order valence-electron chi connectivity index (χ1n) is 7.06. The fourth-order valence-electron chi connectivity index (χ4n) is 0.911. The van der Waals surface area contributed by atoms with E-state index in [-0.39, 0.29) is 11.9 Å². The Bertz CT molecular complexity index is 343. The van der Waals surface area contributed by atoms with Crippen LogP contribution in [0.4, 0.5) is 0 Å². The van der Waals surface area contributed by atoms with Gasteiger partial charge < -0.3 is 14.0 Å². The molecule has 0 spiro atoms. The highest BCUT2D eigenvalue weighted by Gasteiger charge is 2.09. The van der Waals surface area contributed by atoms with Gasteiger partial charge >= 0.3 is 11.9 Å². The van der Waals surface area contributed by atoms with Gasteiger partial charge in [0.2, 0.25) is 0 Å². The van der Waals surface area contributed by atoms with E-state index in [1.165, 1.54) is 6.08 Å². The molecule has 0 rings (SSSR count). The summed E-state index contributed by atoms with van der Waals surface area (Å²) in [5.74, 6) is -0.632. The fraction of sp³-hybridized carbons (Fsp3) is 0.625. The average Bonchev–Trinajstić information content (AvgIpc) is 2.37. The van der Waals surface area contributed by atoms with Gasteiger partial charge in [-0.25, -0.2) is 9.59 Å². The second-order valence-corrected chi connectivity index (χ2v) is 5.66. The Morgan fingerprint density at radius 1 is 1.14 bits per heavy atom. The van der Waals surface area contributed by atoms with Gasteiger partial charge in [-0.15, -0.1) is 0 Å². The molecule has 0 heterocycles. The van der Waals surface area contributed by atoms with Crippen LogP contribution in [0.5, 0.6) is 0 Å². The maximum atomic E-state index is 10.9. The Labute approximate surface area is 128 Å². The molecule has 0 fully saturated rings. The lowest BCUT2D eigenvalue weighted by atomic mass is 10.4. The number of nitrogens with zero attached hydrogens (tertiary/aromatic N) is 1. The maximum Gasteiger partial charge on any atom is 0.333 e. The molecule has 5 heteroatoms. The first-order valence-corrected chi connectivity index (χ1v) is 7.06. The molecule has 0 bridgehead atoms. The molecule has 0 aromatic carbocycles. The van der Waals surface area contributed by atoms with E-state index in [2.05, 4.69) is 39.0 Å². The van der Waals surface area contributed by atoms with E-state index < -0.39 is 0 Å². The summed E-state index contributed by atoms with van der Waals surface area (Å²) in [6.07, 6.45) is 3.15. The van der Waals surface area contributed by atoms with Crippen molar-refractivity contribution in [1.29, 1.82) is 0 Å². The third-order valence-corrected chi connectivity index (χ3v) is 2.25. The van der Waals surface area contributed by atoms with Crippen LogP contribution in [0.1, 0.15) is 26.7 Å². The lowest BCUT2D eigenvalue weighted by Crippen LogP contribution is -2.38. The highest BCUT2D eigenvalue weighted by Crippen LogP contribution is 1.94. The van der Waals surface area contributed by atoms with E-state index in [0.717, 1.165) is 23.9 Å². The molecule has 21 heavy (non-hydrogen) atoms. The predicted molar refractivity (Wildman–Crippen MR) is 84.7 cm³/mol. The van der Waals surface area contributed by atoms with E-state index in [0.29, 0.717) is 18.8 Å². The van der Waals surface area contributed by atoms with Crippen LogP contribution in [0.15, 0.2) is 24.8 Å². The van der Waals surface area contributed by atoms with Crippen molar-refractivity contribution in [3.63, 3.8) is 0 Å². The lowest BCUT2D eigenvalue weighted by Gasteiger charge is -2.23. The molecule has 0 aromatic heterocycles. The molecular weight excluding hydrogens is 270 g/mol. The van der Waals surface area contributed by atoms with Crippen LogP contribution in [0, 0.1) is 0 Å². The number of quaternary nitrogens is 1. The molecule has 0 amide bonds. The molecule has 0 atom stereocenters. The van der Waals surface area contributed by atoms with Crippen molar-refractivity contribution in [2.45, 2.75) is 26.7 Å². The van der Waals surface area contributed by atoms with Gasteiger partial charge in [0.1, 0.15) is 13.2 Å². The van der Waals surface area contributed by atoms with Crippen molar-refractivity contribution >= 4 is 11.9 Å². The number of likely N-dealkylation sites (N-methyl/N-ethyl adjacent to an activating group) is 1. The van der Waals surface area contributed by atoms with Gasteiger partial charge in [-0.3, -0.25) is 0 Å². The van der Waals surface area contributed by atoms with E-state index in [1.807, 2.05) is 6.92 Å². The SMILES string of the molecule is C=C(C)C(=O)OCC[N+](C)(C)C.C=CC(=O)OCCCC. The van der Waals surface area contributed by atoms with Crippen molar-refractivity contribution in [1.82, 2.24) is 0 Å².